The maximum Gasteiger partial charge on any atom is 0.251 e. The minimum Gasteiger partial charge on any atom is -0.351 e. The van der Waals surface area contributed by atoms with Crippen molar-refractivity contribution < 1.29 is 9.59 Å². The Bertz CT molecular complexity index is 884. The second kappa shape index (κ2) is 12.7. The number of amides is 2. The largest absolute Gasteiger partial charge is 0.351 e. The molecule has 0 aliphatic rings. The van der Waals surface area contributed by atoms with Gasteiger partial charge >= 0.3 is 0 Å². The maximum atomic E-state index is 12.8. The topological polar surface area (TPSA) is 61.4 Å². The summed E-state index contributed by atoms with van der Waals surface area (Å²) in [6, 6.07) is 13.7. The average Bonchev–Trinajstić information content (AvgIpc) is 2.69. The first-order chi connectivity index (χ1) is 15.1. The summed E-state index contributed by atoms with van der Waals surface area (Å²) in [6.45, 7) is 15.8. The first kappa shape index (κ1) is 25.9. The Morgan fingerprint density at radius 2 is 1.59 bits per heavy atom. The van der Waals surface area contributed by atoms with E-state index in [-0.39, 0.29) is 11.8 Å². The lowest BCUT2D eigenvalue weighted by atomic mass is 10.1. The highest BCUT2D eigenvalue weighted by atomic mass is 32.2. The van der Waals surface area contributed by atoms with Crippen LogP contribution in [0.25, 0.3) is 0 Å². The van der Waals surface area contributed by atoms with Crippen molar-refractivity contribution in [2.75, 3.05) is 31.5 Å². The molecule has 0 aromatic heterocycles. The average molecular weight is 456 g/mol. The van der Waals surface area contributed by atoms with Gasteiger partial charge in [0.2, 0.25) is 5.91 Å². The highest BCUT2D eigenvalue weighted by Gasteiger charge is 2.14. The Morgan fingerprint density at radius 1 is 0.969 bits per heavy atom. The molecule has 0 atom stereocenters. The molecule has 0 spiro atoms. The fourth-order valence-electron chi connectivity index (χ4n) is 3.50. The van der Waals surface area contributed by atoms with Crippen molar-refractivity contribution in [3.8, 4) is 0 Å². The van der Waals surface area contributed by atoms with Crippen LogP contribution in [0.2, 0.25) is 0 Å². The number of aryl methyl sites for hydroxylation is 1. The summed E-state index contributed by atoms with van der Waals surface area (Å²) in [5, 5.41) is 5.90. The molecule has 0 unspecified atom stereocenters. The van der Waals surface area contributed by atoms with Gasteiger partial charge in [0.1, 0.15) is 0 Å². The number of rotatable bonds is 11. The zero-order valence-electron chi connectivity index (χ0n) is 20.2. The summed E-state index contributed by atoms with van der Waals surface area (Å²) in [6.07, 6.45) is 0. The van der Waals surface area contributed by atoms with E-state index >= 15 is 0 Å². The molecule has 5 nitrogen and oxygen atoms in total. The van der Waals surface area contributed by atoms with Gasteiger partial charge in [-0.25, -0.2) is 0 Å². The molecule has 0 fully saturated rings. The fraction of sp³-hybridized carbons (Fsp3) is 0.462. The molecule has 2 N–H and O–H groups in total. The zero-order valence-corrected chi connectivity index (χ0v) is 21.0. The molecule has 2 amide bonds. The predicted octanol–water partition coefficient (Wildman–Crippen LogP) is 5.45. The van der Waals surface area contributed by atoms with Crippen LogP contribution >= 0.6 is 11.8 Å². The lowest BCUT2D eigenvalue weighted by Gasteiger charge is -2.26. The van der Waals surface area contributed by atoms with Gasteiger partial charge in [0.05, 0.1) is 5.69 Å². The Hall–Kier alpha value is -2.31. The van der Waals surface area contributed by atoms with Gasteiger partial charge in [-0.15, -0.1) is 0 Å². The van der Waals surface area contributed by atoms with Crippen molar-refractivity contribution >= 4 is 29.3 Å². The Labute approximate surface area is 197 Å². The fourth-order valence-corrected chi connectivity index (χ4v) is 4.38. The van der Waals surface area contributed by atoms with Crippen LogP contribution in [0.4, 0.5) is 5.69 Å². The molecule has 2 aromatic carbocycles. The summed E-state index contributed by atoms with van der Waals surface area (Å²) >= 11 is 1.57. The first-order valence-corrected chi connectivity index (χ1v) is 12.1. The molecule has 174 valence electrons. The third-order valence-electron chi connectivity index (χ3n) is 4.76. The predicted molar refractivity (Wildman–Crippen MR) is 134 cm³/mol. The summed E-state index contributed by atoms with van der Waals surface area (Å²) in [7, 11) is 0. The molecule has 0 aliphatic heterocycles. The quantitative estimate of drug-likeness (QED) is 0.473. The molecule has 6 heteroatoms. The van der Waals surface area contributed by atoms with Crippen molar-refractivity contribution in [1.29, 1.82) is 0 Å². The van der Waals surface area contributed by atoms with E-state index in [1.165, 1.54) is 12.5 Å². The van der Waals surface area contributed by atoms with E-state index in [0.717, 1.165) is 29.4 Å². The van der Waals surface area contributed by atoms with Crippen molar-refractivity contribution in [3.05, 3.63) is 53.6 Å². The van der Waals surface area contributed by atoms with Crippen LogP contribution in [-0.2, 0) is 4.79 Å². The van der Waals surface area contributed by atoms with Gasteiger partial charge in [-0.3, -0.25) is 9.59 Å². The SMILES string of the molecule is CC(=O)Nc1cc(C(=O)NCCN(CC(C)C)CC(C)C)ccc1Sc1ccc(C)cc1. The third kappa shape index (κ3) is 9.05. The molecule has 0 aliphatic carbocycles. The van der Waals surface area contributed by atoms with Gasteiger partial charge in [-0.1, -0.05) is 57.2 Å². The van der Waals surface area contributed by atoms with Gasteiger partial charge in [0.15, 0.2) is 0 Å². The minimum atomic E-state index is -0.161. The molecular weight excluding hydrogens is 418 g/mol. The maximum absolute atomic E-state index is 12.8. The normalized spacial score (nSPS) is 11.3. The number of anilines is 1. The van der Waals surface area contributed by atoms with E-state index in [2.05, 4.69) is 74.4 Å². The highest BCUT2D eigenvalue weighted by molar-refractivity contribution is 7.99. The molecule has 0 bridgehead atoms. The highest BCUT2D eigenvalue weighted by Crippen LogP contribution is 2.34. The van der Waals surface area contributed by atoms with Crippen LogP contribution in [0, 0.1) is 18.8 Å². The molecule has 2 aromatic rings. The molecule has 0 heterocycles. The lowest BCUT2D eigenvalue weighted by molar-refractivity contribution is -0.114. The molecule has 2 rings (SSSR count). The summed E-state index contributed by atoms with van der Waals surface area (Å²) < 4.78 is 0. The Kier molecular flexibility index (Phi) is 10.3. The van der Waals surface area contributed by atoms with Gasteiger partial charge in [0, 0.05) is 48.5 Å². The third-order valence-corrected chi connectivity index (χ3v) is 5.85. The number of hydrogen-bond donors (Lipinski definition) is 2. The number of carbonyl (C=O) groups is 2. The van der Waals surface area contributed by atoms with E-state index in [1.54, 1.807) is 17.8 Å². The summed E-state index contributed by atoms with van der Waals surface area (Å²) in [5.74, 6) is 0.885. The second-order valence-electron chi connectivity index (χ2n) is 9.11. The molecule has 0 saturated carbocycles. The number of nitrogens with one attached hydrogen (secondary N) is 2. The van der Waals surface area contributed by atoms with E-state index in [9.17, 15) is 9.59 Å². The van der Waals surface area contributed by atoms with Crippen molar-refractivity contribution in [3.63, 3.8) is 0 Å². The van der Waals surface area contributed by atoms with Gasteiger partial charge < -0.3 is 15.5 Å². The smallest absolute Gasteiger partial charge is 0.251 e. The van der Waals surface area contributed by atoms with Crippen LogP contribution in [0.1, 0.15) is 50.5 Å². The van der Waals surface area contributed by atoms with E-state index < -0.39 is 0 Å². The first-order valence-electron chi connectivity index (χ1n) is 11.3. The van der Waals surface area contributed by atoms with Crippen molar-refractivity contribution in [2.45, 2.75) is 51.3 Å². The van der Waals surface area contributed by atoms with Crippen molar-refractivity contribution in [2.24, 2.45) is 11.8 Å². The van der Waals surface area contributed by atoms with Crippen LogP contribution < -0.4 is 10.6 Å². The summed E-state index contributed by atoms with van der Waals surface area (Å²) in [5.41, 5.74) is 2.39. The van der Waals surface area contributed by atoms with E-state index in [1.807, 2.05) is 12.1 Å². The van der Waals surface area contributed by atoms with Crippen LogP contribution in [-0.4, -0.2) is 42.9 Å². The summed E-state index contributed by atoms with van der Waals surface area (Å²) in [4.78, 5) is 28.9. The molecule has 32 heavy (non-hydrogen) atoms. The number of carbonyl (C=O) groups excluding carboxylic acids is 2. The van der Waals surface area contributed by atoms with Crippen LogP contribution in [0.5, 0.6) is 0 Å². The monoisotopic (exact) mass is 455 g/mol. The Morgan fingerprint density at radius 3 is 2.16 bits per heavy atom. The standard InChI is InChI=1S/C26H37N3O2S/c1-18(2)16-29(17-19(3)4)14-13-27-26(31)22-9-12-25(24(15-22)28-21(6)30)32-23-10-7-20(5)8-11-23/h7-12,15,18-19H,13-14,16-17H2,1-6H3,(H,27,31)(H,28,30). The second-order valence-corrected chi connectivity index (χ2v) is 10.2. The van der Waals surface area contributed by atoms with Crippen LogP contribution in [0.15, 0.2) is 52.3 Å². The number of benzene rings is 2. The zero-order chi connectivity index (χ0) is 23.7. The molecular formula is C26H37N3O2S. The molecule has 0 radical (unpaired) electrons. The van der Waals surface area contributed by atoms with Crippen LogP contribution in [0.3, 0.4) is 0 Å². The van der Waals surface area contributed by atoms with Gasteiger partial charge in [0.25, 0.3) is 5.91 Å². The van der Waals surface area contributed by atoms with Crippen molar-refractivity contribution in [1.82, 2.24) is 10.2 Å². The van der Waals surface area contributed by atoms with Gasteiger partial charge in [-0.2, -0.15) is 0 Å². The number of hydrogen-bond acceptors (Lipinski definition) is 4. The van der Waals surface area contributed by atoms with Gasteiger partial charge in [-0.05, 0) is 49.1 Å². The van der Waals surface area contributed by atoms with E-state index in [0.29, 0.717) is 29.6 Å². The molecule has 0 saturated heterocycles. The lowest BCUT2D eigenvalue weighted by Crippen LogP contribution is -2.38. The van der Waals surface area contributed by atoms with E-state index in [4.69, 9.17) is 0 Å². The minimum absolute atomic E-state index is 0.127. The number of nitrogens with zero attached hydrogens (tertiary/aromatic N) is 1. The Balaban J connectivity index is 2.07.